The van der Waals surface area contributed by atoms with E-state index >= 15 is 0 Å². The van der Waals surface area contributed by atoms with Crippen molar-refractivity contribution >= 4 is 6.08 Å². The molecule has 1 nitrogen and oxygen atoms in total. The summed E-state index contributed by atoms with van der Waals surface area (Å²) in [5.41, 5.74) is 5.56. The summed E-state index contributed by atoms with van der Waals surface area (Å²) in [6.45, 7) is -0.666. The molecule has 1 aromatic carbocycles. The minimum atomic E-state index is -2.86. The van der Waals surface area contributed by atoms with Crippen LogP contribution in [-0.2, 0) is 0 Å². The molecular formula is C11H12F3N. The van der Waals surface area contributed by atoms with Crippen LogP contribution >= 0.6 is 0 Å². The summed E-state index contributed by atoms with van der Waals surface area (Å²) >= 11 is 0. The van der Waals surface area contributed by atoms with Crippen LogP contribution in [-0.4, -0.2) is 12.5 Å². The molecule has 0 spiro atoms. The van der Waals surface area contributed by atoms with Gasteiger partial charge in [0.2, 0.25) is 0 Å². The standard InChI is InChI=1S/C11H12F3N/c12-10-5-3-9(4-6-10)2-1-7-11(13,14)8-15/h1-6H,7-8,15H2/b2-1+. The van der Waals surface area contributed by atoms with E-state index < -0.39 is 18.9 Å². The van der Waals surface area contributed by atoms with Crippen molar-refractivity contribution in [2.75, 3.05) is 6.54 Å². The fraction of sp³-hybridized carbons (Fsp3) is 0.273. The average Bonchev–Trinajstić information content (AvgIpc) is 2.21. The lowest BCUT2D eigenvalue weighted by molar-refractivity contribution is 0.0145. The third kappa shape index (κ3) is 4.16. The quantitative estimate of drug-likeness (QED) is 0.821. The maximum Gasteiger partial charge on any atom is 0.263 e. The van der Waals surface area contributed by atoms with E-state index in [9.17, 15) is 13.2 Å². The first-order chi connectivity index (χ1) is 7.03. The maximum absolute atomic E-state index is 12.7. The normalized spacial score (nSPS) is 12.3. The third-order valence-corrected chi connectivity index (χ3v) is 1.90. The summed E-state index contributed by atoms with van der Waals surface area (Å²) in [6.07, 6.45) is 2.45. The zero-order chi connectivity index (χ0) is 11.3. The fourth-order valence-electron chi connectivity index (χ4n) is 1.02. The molecule has 0 unspecified atom stereocenters. The molecule has 1 rings (SSSR count). The SMILES string of the molecule is NCC(F)(F)C/C=C/c1ccc(F)cc1. The maximum atomic E-state index is 12.7. The lowest BCUT2D eigenvalue weighted by atomic mass is 10.1. The largest absolute Gasteiger partial charge is 0.325 e. The number of alkyl halides is 2. The lowest BCUT2D eigenvalue weighted by Crippen LogP contribution is -2.26. The Morgan fingerprint density at radius 3 is 2.33 bits per heavy atom. The molecular weight excluding hydrogens is 203 g/mol. The number of nitrogens with two attached hydrogens (primary N) is 1. The van der Waals surface area contributed by atoms with Crippen LogP contribution in [0.1, 0.15) is 12.0 Å². The van der Waals surface area contributed by atoms with Crippen LogP contribution < -0.4 is 5.73 Å². The Balaban J connectivity index is 2.55. The minimum absolute atomic E-state index is 0.348. The second kappa shape index (κ2) is 4.98. The van der Waals surface area contributed by atoms with E-state index in [-0.39, 0.29) is 5.82 Å². The van der Waals surface area contributed by atoms with Gasteiger partial charge in [-0.05, 0) is 17.7 Å². The number of allylic oxidation sites excluding steroid dienone is 1. The topological polar surface area (TPSA) is 26.0 Å². The summed E-state index contributed by atoms with van der Waals surface area (Å²) in [5, 5.41) is 0. The van der Waals surface area contributed by atoms with Crippen LogP contribution in [0.15, 0.2) is 30.3 Å². The van der Waals surface area contributed by atoms with Gasteiger partial charge in [-0.15, -0.1) is 0 Å². The van der Waals surface area contributed by atoms with Gasteiger partial charge < -0.3 is 5.73 Å². The summed E-state index contributed by atoms with van der Waals surface area (Å²) in [4.78, 5) is 0. The summed E-state index contributed by atoms with van der Waals surface area (Å²) in [6, 6.07) is 5.60. The molecule has 82 valence electrons. The van der Waals surface area contributed by atoms with Gasteiger partial charge >= 0.3 is 0 Å². The Hall–Kier alpha value is -1.29. The predicted octanol–water partition coefficient (Wildman–Crippen LogP) is 2.82. The summed E-state index contributed by atoms with van der Waals surface area (Å²) < 4.78 is 37.9. The molecule has 0 fully saturated rings. The van der Waals surface area contributed by atoms with E-state index in [1.807, 2.05) is 0 Å². The number of halogens is 3. The van der Waals surface area contributed by atoms with E-state index in [0.29, 0.717) is 5.56 Å². The molecule has 0 aromatic heterocycles. The molecule has 0 radical (unpaired) electrons. The van der Waals surface area contributed by atoms with Crippen molar-refractivity contribution in [2.45, 2.75) is 12.3 Å². The van der Waals surface area contributed by atoms with Gasteiger partial charge in [0.15, 0.2) is 0 Å². The Kier molecular flexibility index (Phi) is 3.91. The van der Waals surface area contributed by atoms with Crippen LogP contribution in [0.2, 0.25) is 0 Å². The molecule has 0 saturated heterocycles. The molecule has 4 heteroatoms. The van der Waals surface area contributed by atoms with Crippen molar-refractivity contribution in [2.24, 2.45) is 5.73 Å². The second-order valence-corrected chi connectivity index (χ2v) is 3.22. The number of hydrogen-bond acceptors (Lipinski definition) is 1. The van der Waals surface area contributed by atoms with E-state index in [1.165, 1.54) is 36.4 Å². The van der Waals surface area contributed by atoms with Crippen molar-refractivity contribution in [3.05, 3.63) is 41.7 Å². The van der Waals surface area contributed by atoms with Gasteiger partial charge in [0.25, 0.3) is 5.92 Å². The Bertz CT molecular complexity index is 330. The van der Waals surface area contributed by atoms with Gasteiger partial charge in [-0.3, -0.25) is 0 Å². The van der Waals surface area contributed by atoms with E-state index in [1.54, 1.807) is 0 Å². The van der Waals surface area contributed by atoms with Crippen LogP contribution in [0.4, 0.5) is 13.2 Å². The zero-order valence-electron chi connectivity index (χ0n) is 8.09. The van der Waals surface area contributed by atoms with E-state index in [2.05, 4.69) is 0 Å². The number of rotatable bonds is 4. The molecule has 15 heavy (non-hydrogen) atoms. The monoisotopic (exact) mass is 215 g/mol. The number of benzene rings is 1. The molecule has 0 atom stereocenters. The Morgan fingerprint density at radius 2 is 1.80 bits per heavy atom. The van der Waals surface area contributed by atoms with Crippen molar-refractivity contribution < 1.29 is 13.2 Å². The third-order valence-electron chi connectivity index (χ3n) is 1.90. The lowest BCUT2D eigenvalue weighted by Gasteiger charge is -2.09. The van der Waals surface area contributed by atoms with Gasteiger partial charge in [0, 0.05) is 6.42 Å². The molecule has 0 aliphatic rings. The average molecular weight is 215 g/mol. The van der Waals surface area contributed by atoms with E-state index in [0.717, 1.165) is 0 Å². The summed E-state index contributed by atoms with van der Waals surface area (Å²) in [7, 11) is 0. The Labute approximate surface area is 86.4 Å². The highest BCUT2D eigenvalue weighted by molar-refractivity contribution is 5.48. The first-order valence-corrected chi connectivity index (χ1v) is 4.53. The Morgan fingerprint density at radius 1 is 1.20 bits per heavy atom. The van der Waals surface area contributed by atoms with Crippen molar-refractivity contribution in [1.82, 2.24) is 0 Å². The highest BCUT2D eigenvalue weighted by Gasteiger charge is 2.24. The van der Waals surface area contributed by atoms with Gasteiger partial charge in [-0.25, -0.2) is 13.2 Å². The van der Waals surface area contributed by atoms with Crippen molar-refractivity contribution in [3.8, 4) is 0 Å². The highest BCUT2D eigenvalue weighted by Crippen LogP contribution is 2.17. The van der Waals surface area contributed by atoms with Crippen LogP contribution in [0.25, 0.3) is 6.08 Å². The fourth-order valence-corrected chi connectivity index (χ4v) is 1.02. The zero-order valence-corrected chi connectivity index (χ0v) is 8.09. The molecule has 0 aliphatic carbocycles. The minimum Gasteiger partial charge on any atom is -0.325 e. The van der Waals surface area contributed by atoms with Crippen LogP contribution in [0.3, 0.4) is 0 Å². The van der Waals surface area contributed by atoms with Gasteiger partial charge in [-0.2, -0.15) is 0 Å². The van der Waals surface area contributed by atoms with Gasteiger partial charge in [0.05, 0.1) is 6.54 Å². The highest BCUT2D eigenvalue weighted by atomic mass is 19.3. The first kappa shape index (κ1) is 11.8. The molecule has 2 N–H and O–H groups in total. The van der Waals surface area contributed by atoms with Gasteiger partial charge in [0.1, 0.15) is 5.82 Å². The molecule has 0 heterocycles. The molecule has 0 saturated carbocycles. The second-order valence-electron chi connectivity index (χ2n) is 3.22. The van der Waals surface area contributed by atoms with Crippen molar-refractivity contribution in [3.63, 3.8) is 0 Å². The predicted molar refractivity (Wildman–Crippen MR) is 54.1 cm³/mol. The first-order valence-electron chi connectivity index (χ1n) is 4.53. The smallest absolute Gasteiger partial charge is 0.263 e. The number of hydrogen-bond donors (Lipinski definition) is 1. The van der Waals surface area contributed by atoms with E-state index in [4.69, 9.17) is 5.73 Å². The van der Waals surface area contributed by atoms with Crippen LogP contribution in [0, 0.1) is 5.82 Å². The molecule has 0 aliphatic heterocycles. The van der Waals surface area contributed by atoms with Crippen molar-refractivity contribution in [1.29, 1.82) is 0 Å². The van der Waals surface area contributed by atoms with Crippen LogP contribution in [0.5, 0.6) is 0 Å². The summed E-state index contributed by atoms with van der Waals surface area (Å²) in [5.74, 6) is -3.21. The molecule has 0 amide bonds. The molecule has 1 aromatic rings. The van der Waals surface area contributed by atoms with Gasteiger partial charge in [-0.1, -0.05) is 24.3 Å². The molecule has 0 bridgehead atoms.